The summed E-state index contributed by atoms with van der Waals surface area (Å²) < 4.78 is 0.993. The lowest BCUT2D eigenvalue weighted by Gasteiger charge is -2.19. The van der Waals surface area contributed by atoms with Crippen LogP contribution >= 0.6 is 22.6 Å². The van der Waals surface area contributed by atoms with E-state index < -0.39 is 0 Å². The highest BCUT2D eigenvalue weighted by atomic mass is 127. The van der Waals surface area contributed by atoms with E-state index in [0.717, 1.165) is 17.3 Å². The second kappa shape index (κ2) is 7.59. The zero-order valence-electron chi connectivity index (χ0n) is 8.77. The molecule has 0 spiro atoms. The highest BCUT2D eigenvalue weighted by molar-refractivity contribution is 14.1. The number of hydrogen-bond acceptors (Lipinski definition) is 1. The lowest BCUT2D eigenvalue weighted by Crippen LogP contribution is -2.39. The molecule has 0 fully saturated rings. The number of alkyl halides is 1. The molecular formula is C10H20INO. The highest BCUT2D eigenvalue weighted by Crippen LogP contribution is 2.05. The van der Waals surface area contributed by atoms with Crippen LogP contribution in [-0.4, -0.2) is 16.4 Å². The van der Waals surface area contributed by atoms with Crippen molar-refractivity contribution in [1.82, 2.24) is 5.32 Å². The van der Waals surface area contributed by atoms with E-state index in [9.17, 15) is 4.79 Å². The van der Waals surface area contributed by atoms with Gasteiger partial charge in [0, 0.05) is 16.9 Å². The van der Waals surface area contributed by atoms with E-state index in [4.69, 9.17) is 0 Å². The summed E-state index contributed by atoms with van der Waals surface area (Å²) in [6.45, 7) is 6.39. The molecule has 0 heterocycles. The number of halogens is 1. The average Bonchev–Trinajstić information content (AvgIpc) is 2.10. The van der Waals surface area contributed by atoms with Gasteiger partial charge in [-0.3, -0.25) is 4.79 Å². The van der Waals surface area contributed by atoms with E-state index in [2.05, 4.69) is 48.7 Å². The molecule has 0 saturated heterocycles. The van der Waals surface area contributed by atoms with Gasteiger partial charge in [0.2, 0.25) is 5.91 Å². The van der Waals surface area contributed by atoms with Crippen LogP contribution in [0.4, 0.5) is 0 Å². The van der Waals surface area contributed by atoms with Crippen LogP contribution in [0.2, 0.25) is 0 Å². The van der Waals surface area contributed by atoms with Crippen LogP contribution in [0.3, 0.4) is 0 Å². The molecule has 1 unspecified atom stereocenters. The Kier molecular flexibility index (Phi) is 7.71. The lowest BCUT2D eigenvalue weighted by atomic mass is 10.1. The number of rotatable bonds is 6. The van der Waals surface area contributed by atoms with Crippen LogP contribution in [0.25, 0.3) is 0 Å². The van der Waals surface area contributed by atoms with Crippen LogP contribution in [0.15, 0.2) is 0 Å². The van der Waals surface area contributed by atoms with Gasteiger partial charge in [0.15, 0.2) is 0 Å². The fraction of sp³-hybridized carbons (Fsp3) is 0.900. The molecule has 0 aromatic heterocycles. The van der Waals surface area contributed by atoms with Crippen molar-refractivity contribution in [3.05, 3.63) is 0 Å². The van der Waals surface area contributed by atoms with Crippen molar-refractivity contribution in [2.24, 2.45) is 5.92 Å². The van der Waals surface area contributed by atoms with E-state index in [1.54, 1.807) is 0 Å². The zero-order chi connectivity index (χ0) is 10.3. The summed E-state index contributed by atoms with van der Waals surface area (Å²) in [6, 6.07) is 0.338. The first-order chi connectivity index (χ1) is 6.11. The highest BCUT2D eigenvalue weighted by Gasteiger charge is 2.13. The average molecular weight is 297 g/mol. The SMILES string of the molecule is CCCCC(=O)NC(CI)C(C)C. The molecule has 0 aliphatic heterocycles. The van der Waals surface area contributed by atoms with Gasteiger partial charge in [-0.1, -0.05) is 49.8 Å². The Morgan fingerprint density at radius 1 is 1.46 bits per heavy atom. The van der Waals surface area contributed by atoms with Gasteiger partial charge in [-0.2, -0.15) is 0 Å². The molecule has 1 N–H and O–H groups in total. The smallest absolute Gasteiger partial charge is 0.220 e. The first-order valence-corrected chi connectivity index (χ1v) is 6.49. The van der Waals surface area contributed by atoms with E-state index in [-0.39, 0.29) is 5.91 Å². The minimum atomic E-state index is 0.206. The van der Waals surface area contributed by atoms with Gasteiger partial charge < -0.3 is 5.32 Å². The summed E-state index contributed by atoms with van der Waals surface area (Å²) in [5.74, 6) is 0.736. The maximum absolute atomic E-state index is 11.4. The Bertz CT molecular complexity index is 148. The summed E-state index contributed by atoms with van der Waals surface area (Å²) in [5.41, 5.74) is 0. The Balaban J connectivity index is 3.73. The Morgan fingerprint density at radius 3 is 2.46 bits per heavy atom. The number of amides is 1. The van der Waals surface area contributed by atoms with Crippen LogP contribution in [-0.2, 0) is 4.79 Å². The standard InChI is InChI=1S/C10H20INO/c1-4-5-6-10(13)12-9(7-11)8(2)3/h8-9H,4-7H2,1-3H3,(H,12,13). The summed E-state index contributed by atoms with van der Waals surface area (Å²) in [6.07, 6.45) is 2.76. The Hall–Kier alpha value is 0.200. The Labute approximate surface area is 95.0 Å². The third-order valence-corrected chi connectivity index (χ3v) is 3.02. The second-order valence-electron chi connectivity index (χ2n) is 3.68. The summed E-state index contributed by atoms with van der Waals surface area (Å²) >= 11 is 2.32. The lowest BCUT2D eigenvalue weighted by molar-refractivity contribution is -0.122. The number of nitrogens with one attached hydrogen (secondary N) is 1. The number of hydrogen-bond donors (Lipinski definition) is 1. The maximum atomic E-state index is 11.4. The molecule has 78 valence electrons. The van der Waals surface area contributed by atoms with E-state index in [0.29, 0.717) is 18.4 Å². The minimum Gasteiger partial charge on any atom is -0.352 e. The monoisotopic (exact) mass is 297 g/mol. The molecule has 3 heteroatoms. The molecule has 0 aliphatic rings. The number of carbonyl (C=O) groups is 1. The van der Waals surface area contributed by atoms with Gasteiger partial charge in [-0.25, -0.2) is 0 Å². The largest absolute Gasteiger partial charge is 0.352 e. The zero-order valence-corrected chi connectivity index (χ0v) is 10.9. The molecule has 1 atom stereocenters. The van der Waals surface area contributed by atoms with Crippen molar-refractivity contribution in [2.75, 3.05) is 4.43 Å². The summed E-state index contributed by atoms with van der Waals surface area (Å²) in [7, 11) is 0. The van der Waals surface area contributed by atoms with Crippen LogP contribution in [0, 0.1) is 5.92 Å². The van der Waals surface area contributed by atoms with Crippen molar-refractivity contribution >= 4 is 28.5 Å². The minimum absolute atomic E-state index is 0.206. The number of unbranched alkanes of at least 4 members (excludes halogenated alkanes) is 1. The molecule has 0 radical (unpaired) electrons. The van der Waals surface area contributed by atoms with E-state index in [1.807, 2.05) is 0 Å². The summed E-state index contributed by atoms with van der Waals surface area (Å²) in [4.78, 5) is 11.4. The van der Waals surface area contributed by atoms with Crippen LogP contribution in [0.1, 0.15) is 40.0 Å². The molecule has 0 aromatic rings. The molecule has 0 aromatic carbocycles. The quantitative estimate of drug-likeness (QED) is 0.593. The van der Waals surface area contributed by atoms with Crippen molar-refractivity contribution in [3.8, 4) is 0 Å². The van der Waals surface area contributed by atoms with Gasteiger partial charge in [-0.15, -0.1) is 0 Å². The summed E-state index contributed by atoms with van der Waals surface area (Å²) in [5, 5.41) is 3.05. The third kappa shape index (κ3) is 6.29. The van der Waals surface area contributed by atoms with Crippen molar-refractivity contribution in [1.29, 1.82) is 0 Å². The molecule has 0 saturated carbocycles. The second-order valence-corrected chi connectivity index (χ2v) is 4.56. The first-order valence-electron chi connectivity index (χ1n) is 4.97. The molecular weight excluding hydrogens is 277 g/mol. The fourth-order valence-corrected chi connectivity index (χ4v) is 2.24. The van der Waals surface area contributed by atoms with Crippen LogP contribution < -0.4 is 5.32 Å². The number of carbonyl (C=O) groups excluding carboxylic acids is 1. The van der Waals surface area contributed by atoms with E-state index >= 15 is 0 Å². The van der Waals surface area contributed by atoms with Gasteiger partial charge in [0.05, 0.1) is 0 Å². The Morgan fingerprint density at radius 2 is 2.08 bits per heavy atom. The molecule has 2 nitrogen and oxygen atoms in total. The molecule has 0 bridgehead atoms. The normalized spacial score (nSPS) is 13.0. The molecule has 13 heavy (non-hydrogen) atoms. The fourth-order valence-electron chi connectivity index (χ4n) is 1.000. The topological polar surface area (TPSA) is 29.1 Å². The van der Waals surface area contributed by atoms with Crippen molar-refractivity contribution in [2.45, 2.75) is 46.1 Å². The van der Waals surface area contributed by atoms with Gasteiger partial charge in [0.1, 0.15) is 0 Å². The van der Waals surface area contributed by atoms with Crippen LogP contribution in [0.5, 0.6) is 0 Å². The maximum Gasteiger partial charge on any atom is 0.220 e. The molecule has 0 rings (SSSR count). The van der Waals surface area contributed by atoms with Crippen molar-refractivity contribution < 1.29 is 4.79 Å². The van der Waals surface area contributed by atoms with Gasteiger partial charge in [-0.05, 0) is 12.3 Å². The predicted molar refractivity (Wildman–Crippen MR) is 65.2 cm³/mol. The van der Waals surface area contributed by atoms with Crippen molar-refractivity contribution in [3.63, 3.8) is 0 Å². The van der Waals surface area contributed by atoms with Gasteiger partial charge in [0.25, 0.3) is 0 Å². The molecule has 1 amide bonds. The van der Waals surface area contributed by atoms with E-state index in [1.165, 1.54) is 0 Å². The molecule has 0 aliphatic carbocycles. The third-order valence-electron chi connectivity index (χ3n) is 2.07. The predicted octanol–water partition coefficient (Wildman–Crippen LogP) is 2.75. The van der Waals surface area contributed by atoms with Gasteiger partial charge >= 0.3 is 0 Å². The first kappa shape index (κ1) is 13.2.